The highest BCUT2D eigenvalue weighted by atomic mass is 32.2. The van der Waals surface area contributed by atoms with Crippen molar-refractivity contribution in [2.24, 2.45) is 0 Å². The lowest BCUT2D eigenvalue weighted by atomic mass is 10.1. The van der Waals surface area contributed by atoms with Gasteiger partial charge in [-0.3, -0.25) is 4.79 Å². The van der Waals surface area contributed by atoms with Crippen LogP contribution < -0.4 is 5.32 Å². The first-order valence-corrected chi connectivity index (χ1v) is 7.74. The molecule has 2 rings (SSSR count). The Bertz CT molecular complexity index is 577. The maximum absolute atomic E-state index is 12.0. The van der Waals surface area contributed by atoms with Crippen LogP contribution >= 0.6 is 11.8 Å². The van der Waals surface area contributed by atoms with Gasteiger partial charge in [0, 0.05) is 12.2 Å². The molecule has 1 saturated heterocycles. The SMILES string of the molecule is Cc1nc(S[C@@H]2CCCCNC2=O)c(C#N)c(C)c1C. The van der Waals surface area contributed by atoms with Crippen molar-refractivity contribution < 1.29 is 4.79 Å². The highest BCUT2D eigenvalue weighted by Crippen LogP contribution is 2.32. The normalized spacial score (nSPS) is 19.1. The van der Waals surface area contributed by atoms with Gasteiger partial charge in [0.1, 0.15) is 11.1 Å². The average Bonchev–Trinajstić information content (AvgIpc) is 2.62. The number of carbonyl (C=O) groups is 1. The van der Waals surface area contributed by atoms with Crippen molar-refractivity contribution in [3.8, 4) is 6.07 Å². The summed E-state index contributed by atoms with van der Waals surface area (Å²) in [7, 11) is 0. The molecule has 0 aliphatic carbocycles. The summed E-state index contributed by atoms with van der Waals surface area (Å²) in [6, 6.07) is 2.24. The molecule has 0 unspecified atom stereocenters. The predicted molar refractivity (Wildman–Crippen MR) is 79.7 cm³/mol. The molecule has 0 radical (unpaired) electrons. The van der Waals surface area contributed by atoms with E-state index in [-0.39, 0.29) is 11.2 Å². The number of nitrogens with zero attached hydrogens (tertiary/aromatic N) is 2. The molecule has 4 nitrogen and oxygen atoms in total. The van der Waals surface area contributed by atoms with Gasteiger partial charge in [-0.1, -0.05) is 18.2 Å². The molecule has 2 heterocycles. The van der Waals surface area contributed by atoms with Crippen LogP contribution in [0.1, 0.15) is 41.6 Å². The minimum absolute atomic E-state index is 0.0640. The van der Waals surface area contributed by atoms with E-state index in [9.17, 15) is 10.1 Å². The summed E-state index contributed by atoms with van der Waals surface area (Å²) in [5.74, 6) is 0.0640. The molecule has 1 N–H and O–H groups in total. The largest absolute Gasteiger partial charge is 0.355 e. The molecule has 5 heteroatoms. The third-order valence-electron chi connectivity index (χ3n) is 3.81. The fourth-order valence-electron chi connectivity index (χ4n) is 2.29. The van der Waals surface area contributed by atoms with Gasteiger partial charge in [0.25, 0.3) is 0 Å². The fourth-order valence-corrected chi connectivity index (χ4v) is 3.54. The minimum atomic E-state index is -0.140. The van der Waals surface area contributed by atoms with E-state index in [1.165, 1.54) is 11.8 Å². The molecule has 0 saturated carbocycles. The third-order valence-corrected chi connectivity index (χ3v) is 5.07. The maximum atomic E-state index is 12.0. The highest BCUT2D eigenvalue weighted by Gasteiger charge is 2.24. The molecule has 1 aromatic heterocycles. The van der Waals surface area contributed by atoms with Gasteiger partial charge >= 0.3 is 0 Å². The number of nitriles is 1. The van der Waals surface area contributed by atoms with E-state index >= 15 is 0 Å². The summed E-state index contributed by atoms with van der Waals surface area (Å²) in [4.78, 5) is 16.5. The van der Waals surface area contributed by atoms with E-state index in [0.717, 1.165) is 42.6 Å². The number of aryl methyl sites for hydroxylation is 1. The number of thioether (sulfide) groups is 1. The molecule has 20 heavy (non-hydrogen) atoms. The van der Waals surface area contributed by atoms with Crippen molar-refractivity contribution >= 4 is 17.7 Å². The van der Waals surface area contributed by atoms with E-state index in [1.807, 2.05) is 20.8 Å². The topological polar surface area (TPSA) is 65.8 Å². The lowest BCUT2D eigenvalue weighted by Gasteiger charge is -2.15. The molecule has 0 spiro atoms. The monoisotopic (exact) mass is 289 g/mol. The molecule has 1 aromatic rings. The second-order valence-electron chi connectivity index (χ2n) is 5.13. The minimum Gasteiger partial charge on any atom is -0.355 e. The van der Waals surface area contributed by atoms with Gasteiger partial charge in [-0.25, -0.2) is 4.98 Å². The molecule has 1 aliphatic heterocycles. The zero-order valence-electron chi connectivity index (χ0n) is 12.1. The molecule has 0 bridgehead atoms. The Labute approximate surface area is 124 Å². The van der Waals surface area contributed by atoms with Gasteiger partial charge in [-0.05, 0) is 44.7 Å². The summed E-state index contributed by atoms with van der Waals surface area (Å²) in [6.07, 6.45) is 2.89. The number of rotatable bonds is 2. The van der Waals surface area contributed by atoms with Crippen LogP contribution in [0.3, 0.4) is 0 Å². The van der Waals surface area contributed by atoms with Crippen LogP contribution in [0.15, 0.2) is 5.03 Å². The van der Waals surface area contributed by atoms with Crippen LogP contribution in [-0.4, -0.2) is 22.7 Å². The Kier molecular flexibility index (Phi) is 4.66. The van der Waals surface area contributed by atoms with Crippen molar-refractivity contribution in [1.82, 2.24) is 10.3 Å². The summed E-state index contributed by atoms with van der Waals surface area (Å²) in [5, 5.41) is 12.8. The Balaban J connectivity index is 2.33. The van der Waals surface area contributed by atoms with E-state index < -0.39 is 0 Å². The second-order valence-corrected chi connectivity index (χ2v) is 6.32. The van der Waals surface area contributed by atoms with Crippen LogP contribution in [0.25, 0.3) is 0 Å². The van der Waals surface area contributed by atoms with Gasteiger partial charge in [0.2, 0.25) is 5.91 Å². The molecular formula is C15H19N3OS. The molecule has 106 valence electrons. The standard InChI is InChI=1S/C15H19N3OS/c1-9-10(2)12(8-16)15(18-11(9)3)20-13-6-4-5-7-17-14(13)19/h13H,4-7H2,1-3H3,(H,17,19)/t13-/m1/s1. The molecule has 1 atom stereocenters. The number of hydrogen-bond donors (Lipinski definition) is 1. The first-order valence-electron chi connectivity index (χ1n) is 6.87. The highest BCUT2D eigenvalue weighted by molar-refractivity contribution is 8.00. The van der Waals surface area contributed by atoms with E-state index in [2.05, 4.69) is 16.4 Å². The third kappa shape index (κ3) is 2.96. The Morgan fingerprint density at radius 3 is 2.75 bits per heavy atom. The van der Waals surface area contributed by atoms with Gasteiger partial charge in [0.15, 0.2) is 0 Å². The lowest BCUT2D eigenvalue weighted by Crippen LogP contribution is -2.30. The van der Waals surface area contributed by atoms with Crippen LogP contribution in [0.2, 0.25) is 0 Å². The molecule has 0 aromatic carbocycles. The van der Waals surface area contributed by atoms with Gasteiger partial charge in [-0.15, -0.1) is 0 Å². The first kappa shape index (κ1) is 14.9. The van der Waals surface area contributed by atoms with Crippen LogP contribution in [0.5, 0.6) is 0 Å². The van der Waals surface area contributed by atoms with Crippen LogP contribution in [0, 0.1) is 32.1 Å². The summed E-state index contributed by atoms with van der Waals surface area (Å²) in [6.45, 7) is 6.62. The molecule has 1 fully saturated rings. The quantitative estimate of drug-likeness (QED) is 0.909. The van der Waals surface area contributed by atoms with Gasteiger partial charge in [0.05, 0.1) is 10.8 Å². The van der Waals surface area contributed by atoms with Gasteiger partial charge in [-0.2, -0.15) is 5.26 Å². The number of nitrogens with one attached hydrogen (secondary N) is 1. The smallest absolute Gasteiger partial charge is 0.233 e. The summed E-state index contributed by atoms with van der Waals surface area (Å²) in [5.41, 5.74) is 3.56. The van der Waals surface area contributed by atoms with Crippen molar-refractivity contribution in [3.63, 3.8) is 0 Å². The van der Waals surface area contributed by atoms with Crippen molar-refractivity contribution in [2.75, 3.05) is 6.54 Å². The van der Waals surface area contributed by atoms with Crippen molar-refractivity contribution in [1.29, 1.82) is 5.26 Å². The van der Waals surface area contributed by atoms with E-state index in [4.69, 9.17) is 0 Å². The van der Waals surface area contributed by atoms with Crippen LogP contribution in [-0.2, 0) is 4.79 Å². The number of amides is 1. The molecular weight excluding hydrogens is 270 g/mol. The lowest BCUT2D eigenvalue weighted by molar-refractivity contribution is -0.120. The number of aromatic nitrogens is 1. The summed E-state index contributed by atoms with van der Waals surface area (Å²) < 4.78 is 0. The van der Waals surface area contributed by atoms with E-state index in [0.29, 0.717) is 10.6 Å². The number of pyridine rings is 1. The van der Waals surface area contributed by atoms with Gasteiger partial charge < -0.3 is 5.32 Å². The van der Waals surface area contributed by atoms with Crippen LogP contribution in [0.4, 0.5) is 0 Å². The average molecular weight is 289 g/mol. The second kappa shape index (κ2) is 6.27. The predicted octanol–water partition coefficient (Wildman–Crippen LogP) is 2.64. The van der Waals surface area contributed by atoms with Crippen molar-refractivity contribution in [2.45, 2.75) is 50.3 Å². The Morgan fingerprint density at radius 1 is 1.30 bits per heavy atom. The number of carbonyl (C=O) groups excluding carboxylic acids is 1. The zero-order valence-corrected chi connectivity index (χ0v) is 12.9. The summed E-state index contributed by atoms with van der Waals surface area (Å²) >= 11 is 1.43. The Hall–Kier alpha value is -1.54. The maximum Gasteiger partial charge on any atom is 0.233 e. The first-order chi connectivity index (χ1) is 9.54. The zero-order chi connectivity index (χ0) is 14.7. The fraction of sp³-hybridized carbons (Fsp3) is 0.533. The van der Waals surface area contributed by atoms with E-state index in [1.54, 1.807) is 0 Å². The van der Waals surface area contributed by atoms with Crippen molar-refractivity contribution in [3.05, 3.63) is 22.4 Å². The molecule has 1 amide bonds. The molecule has 1 aliphatic rings. The number of hydrogen-bond acceptors (Lipinski definition) is 4. The Morgan fingerprint density at radius 2 is 2.05 bits per heavy atom.